The third kappa shape index (κ3) is 3.40. The first kappa shape index (κ1) is 15.5. The van der Waals surface area contributed by atoms with Crippen molar-refractivity contribution >= 4 is 15.7 Å². The van der Waals surface area contributed by atoms with E-state index in [9.17, 15) is 8.42 Å². The number of nitrogens with one attached hydrogen (secondary N) is 1. The Morgan fingerprint density at radius 1 is 1.14 bits per heavy atom. The quantitative estimate of drug-likeness (QED) is 0.907. The molecule has 0 saturated carbocycles. The summed E-state index contributed by atoms with van der Waals surface area (Å²) in [4.78, 5) is 4.24. The normalized spacial score (nSPS) is 11.4. The minimum atomic E-state index is -3.66. The summed E-state index contributed by atoms with van der Waals surface area (Å²) in [7, 11) is -3.66. The van der Waals surface area contributed by atoms with E-state index in [2.05, 4.69) is 9.71 Å². The lowest BCUT2D eigenvalue weighted by molar-refractivity contribution is 0.600. The summed E-state index contributed by atoms with van der Waals surface area (Å²) in [6, 6.07) is 5.26. The van der Waals surface area contributed by atoms with Crippen LogP contribution in [0.25, 0.3) is 0 Å². The Labute approximate surface area is 125 Å². The van der Waals surface area contributed by atoms with Gasteiger partial charge in [-0.15, -0.1) is 0 Å². The Morgan fingerprint density at radius 3 is 2.48 bits per heavy atom. The van der Waals surface area contributed by atoms with Gasteiger partial charge in [-0.3, -0.25) is 9.71 Å². The smallest absolute Gasteiger partial charge is 0.262 e. The third-order valence-corrected chi connectivity index (χ3v) is 4.84. The van der Waals surface area contributed by atoms with Crippen LogP contribution in [0.2, 0.25) is 0 Å². The Morgan fingerprint density at radius 2 is 1.86 bits per heavy atom. The molecule has 3 N–H and O–H groups in total. The van der Waals surface area contributed by atoms with E-state index >= 15 is 0 Å². The molecule has 0 bridgehead atoms. The van der Waals surface area contributed by atoms with E-state index in [1.165, 1.54) is 6.20 Å². The predicted molar refractivity (Wildman–Crippen MR) is 83.6 cm³/mol. The van der Waals surface area contributed by atoms with Gasteiger partial charge in [-0.1, -0.05) is 6.07 Å². The zero-order valence-corrected chi connectivity index (χ0v) is 13.2. The fourth-order valence-corrected chi connectivity index (χ4v) is 3.52. The lowest BCUT2D eigenvalue weighted by Crippen LogP contribution is -2.16. The number of nitrogens with two attached hydrogens (primary N) is 1. The molecule has 0 saturated heterocycles. The molecule has 112 valence electrons. The molecule has 0 amide bonds. The highest BCUT2D eigenvalue weighted by atomic mass is 32.2. The average molecular weight is 305 g/mol. The van der Waals surface area contributed by atoms with Gasteiger partial charge >= 0.3 is 0 Å². The van der Waals surface area contributed by atoms with E-state index in [4.69, 9.17) is 5.73 Å². The molecule has 0 aliphatic carbocycles. The van der Waals surface area contributed by atoms with E-state index in [1.807, 2.05) is 19.9 Å². The van der Waals surface area contributed by atoms with Gasteiger partial charge in [-0.25, -0.2) is 8.42 Å². The zero-order valence-electron chi connectivity index (χ0n) is 12.3. The van der Waals surface area contributed by atoms with Crippen LogP contribution in [0, 0.1) is 20.8 Å². The molecule has 0 aliphatic rings. The van der Waals surface area contributed by atoms with Gasteiger partial charge in [0.15, 0.2) is 0 Å². The van der Waals surface area contributed by atoms with Crippen LogP contribution in [-0.2, 0) is 16.6 Å². The molecule has 0 radical (unpaired) electrons. The predicted octanol–water partition coefficient (Wildman–Crippen LogP) is 2.27. The molecule has 0 fully saturated rings. The number of aryl methyl sites for hydroxylation is 2. The van der Waals surface area contributed by atoms with Crippen LogP contribution < -0.4 is 10.5 Å². The Kier molecular flexibility index (Phi) is 4.29. The zero-order chi connectivity index (χ0) is 15.6. The molecular weight excluding hydrogens is 286 g/mol. The SMILES string of the molecule is Cc1cncc(NS(=O)(=O)c2cc(CN)cc(C)c2C)c1. The molecule has 0 unspecified atom stereocenters. The number of benzene rings is 1. The highest BCUT2D eigenvalue weighted by Gasteiger charge is 2.19. The lowest BCUT2D eigenvalue weighted by atomic mass is 10.1. The van der Waals surface area contributed by atoms with Crippen LogP contribution in [0.4, 0.5) is 5.69 Å². The summed E-state index contributed by atoms with van der Waals surface area (Å²) in [6.45, 7) is 5.82. The van der Waals surface area contributed by atoms with Crippen molar-refractivity contribution in [3.63, 3.8) is 0 Å². The molecule has 6 heteroatoms. The second-order valence-electron chi connectivity index (χ2n) is 5.10. The molecule has 1 aromatic heterocycles. The third-order valence-electron chi connectivity index (χ3n) is 3.33. The first-order chi connectivity index (χ1) is 9.83. The number of pyridine rings is 1. The minimum absolute atomic E-state index is 0.254. The van der Waals surface area contributed by atoms with E-state index < -0.39 is 10.0 Å². The van der Waals surface area contributed by atoms with Gasteiger partial charge in [0.2, 0.25) is 0 Å². The summed E-state index contributed by atoms with van der Waals surface area (Å²) >= 11 is 0. The fraction of sp³-hybridized carbons (Fsp3) is 0.267. The van der Waals surface area contributed by atoms with Gasteiger partial charge in [0, 0.05) is 12.7 Å². The van der Waals surface area contributed by atoms with Gasteiger partial charge in [0.1, 0.15) is 0 Å². The number of hydrogen-bond donors (Lipinski definition) is 2. The van der Waals surface area contributed by atoms with Crippen LogP contribution in [0.1, 0.15) is 22.3 Å². The molecule has 0 atom stereocenters. The van der Waals surface area contributed by atoms with Crippen molar-refractivity contribution in [1.29, 1.82) is 0 Å². The number of rotatable bonds is 4. The molecule has 2 rings (SSSR count). The maximum absolute atomic E-state index is 12.6. The lowest BCUT2D eigenvalue weighted by Gasteiger charge is -2.14. The van der Waals surface area contributed by atoms with Crippen LogP contribution in [0.15, 0.2) is 35.5 Å². The van der Waals surface area contributed by atoms with Gasteiger partial charge in [0.05, 0.1) is 16.8 Å². The van der Waals surface area contributed by atoms with E-state index in [1.54, 1.807) is 25.3 Å². The first-order valence-electron chi connectivity index (χ1n) is 6.58. The second-order valence-corrected chi connectivity index (χ2v) is 6.75. The van der Waals surface area contributed by atoms with Crippen molar-refractivity contribution in [3.8, 4) is 0 Å². The number of sulfonamides is 1. The van der Waals surface area contributed by atoms with Crippen LogP contribution >= 0.6 is 0 Å². The molecule has 1 heterocycles. The van der Waals surface area contributed by atoms with Gasteiger partial charge in [-0.05, 0) is 55.2 Å². The molecule has 1 aromatic carbocycles. The number of nitrogens with zero attached hydrogens (tertiary/aromatic N) is 1. The topological polar surface area (TPSA) is 85.1 Å². The first-order valence-corrected chi connectivity index (χ1v) is 8.06. The van der Waals surface area contributed by atoms with Crippen molar-refractivity contribution in [1.82, 2.24) is 4.98 Å². The van der Waals surface area contributed by atoms with Crippen molar-refractivity contribution in [2.45, 2.75) is 32.2 Å². The molecule has 0 aliphatic heterocycles. The highest BCUT2D eigenvalue weighted by Crippen LogP contribution is 2.23. The Bertz CT molecular complexity index is 770. The molecule has 21 heavy (non-hydrogen) atoms. The molecule has 5 nitrogen and oxygen atoms in total. The molecular formula is C15H19N3O2S. The highest BCUT2D eigenvalue weighted by molar-refractivity contribution is 7.92. The van der Waals surface area contributed by atoms with Crippen LogP contribution in [0.3, 0.4) is 0 Å². The minimum Gasteiger partial charge on any atom is -0.326 e. The van der Waals surface area contributed by atoms with Crippen molar-refractivity contribution in [2.75, 3.05) is 4.72 Å². The van der Waals surface area contributed by atoms with Crippen molar-refractivity contribution in [2.24, 2.45) is 5.73 Å². The number of aromatic nitrogens is 1. The summed E-state index contributed by atoms with van der Waals surface area (Å²) in [5.41, 5.74) is 9.38. The van der Waals surface area contributed by atoms with E-state index in [0.717, 1.165) is 22.3 Å². The summed E-state index contributed by atoms with van der Waals surface area (Å²) < 4.78 is 27.7. The van der Waals surface area contributed by atoms with E-state index in [-0.39, 0.29) is 4.90 Å². The second kappa shape index (κ2) is 5.83. The standard InChI is InChI=1S/C15H19N3O2S/c1-10-4-14(9-17-8-10)18-21(19,20)15-6-13(7-16)5-11(2)12(15)3/h4-6,8-9,18H,7,16H2,1-3H3. The largest absolute Gasteiger partial charge is 0.326 e. The number of anilines is 1. The van der Waals surface area contributed by atoms with Crippen LogP contribution in [-0.4, -0.2) is 13.4 Å². The van der Waals surface area contributed by atoms with Gasteiger partial charge in [-0.2, -0.15) is 0 Å². The summed E-state index contributed by atoms with van der Waals surface area (Å²) in [6.07, 6.45) is 3.15. The van der Waals surface area contributed by atoms with Crippen LogP contribution in [0.5, 0.6) is 0 Å². The fourth-order valence-electron chi connectivity index (χ4n) is 2.12. The maximum atomic E-state index is 12.6. The van der Waals surface area contributed by atoms with E-state index in [0.29, 0.717) is 12.2 Å². The summed E-state index contributed by atoms with van der Waals surface area (Å²) in [5, 5.41) is 0. The molecule has 2 aromatic rings. The molecule has 0 spiro atoms. The summed E-state index contributed by atoms with van der Waals surface area (Å²) in [5.74, 6) is 0. The Balaban J connectivity index is 2.47. The van der Waals surface area contributed by atoms with Gasteiger partial charge < -0.3 is 5.73 Å². The van der Waals surface area contributed by atoms with Crippen molar-refractivity contribution < 1.29 is 8.42 Å². The van der Waals surface area contributed by atoms with Crippen molar-refractivity contribution in [3.05, 3.63) is 52.8 Å². The maximum Gasteiger partial charge on any atom is 0.262 e. The van der Waals surface area contributed by atoms with Gasteiger partial charge in [0.25, 0.3) is 10.0 Å². The Hall–Kier alpha value is -1.92. The number of hydrogen-bond acceptors (Lipinski definition) is 4. The monoisotopic (exact) mass is 305 g/mol. The average Bonchev–Trinajstić information content (AvgIpc) is 2.41.